The van der Waals surface area contributed by atoms with Gasteiger partial charge in [-0.2, -0.15) is 0 Å². The van der Waals surface area contributed by atoms with Crippen LogP contribution in [-0.2, 0) is 0 Å². The van der Waals surface area contributed by atoms with Gasteiger partial charge in [-0.25, -0.2) is 0 Å². The zero-order chi connectivity index (χ0) is 12.3. The number of hydrogen-bond donors (Lipinski definition) is 2. The van der Waals surface area contributed by atoms with E-state index >= 15 is 0 Å². The van der Waals surface area contributed by atoms with Crippen LogP contribution in [0.5, 0.6) is 0 Å². The molecule has 92 valence electrons. The van der Waals surface area contributed by atoms with Crippen LogP contribution in [0.4, 0.5) is 11.5 Å². The molecule has 6 heteroatoms. The zero-order valence-electron chi connectivity index (χ0n) is 9.37. The van der Waals surface area contributed by atoms with E-state index in [1.807, 2.05) is 0 Å². The first-order chi connectivity index (χ1) is 8.20. The summed E-state index contributed by atoms with van der Waals surface area (Å²) in [4.78, 5) is 13.7. The van der Waals surface area contributed by atoms with Gasteiger partial charge in [-0.1, -0.05) is 6.42 Å². The summed E-state index contributed by atoms with van der Waals surface area (Å²) in [6.45, 7) is 0.179. The minimum Gasteiger partial charge on any atom is -0.396 e. The largest absolute Gasteiger partial charge is 0.396 e. The van der Waals surface area contributed by atoms with Crippen molar-refractivity contribution in [1.29, 1.82) is 0 Å². The molecule has 1 aliphatic carbocycles. The van der Waals surface area contributed by atoms with E-state index in [1.165, 1.54) is 12.3 Å². The molecule has 0 bridgehead atoms. The van der Waals surface area contributed by atoms with Crippen LogP contribution in [0.1, 0.15) is 19.3 Å². The summed E-state index contributed by atoms with van der Waals surface area (Å²) in [5.74, 6) is 0.117. The van der Waals surface area contributed by atoms with E-state index in [-0.39, 0.29) is 24.4 Å². The highest BCUT2D eigenvalue weighted by Gasteiger charge is 2.26. The predicted octanol–water partition coefficient (Wildman–Crippen LogP) is 1.56. The Hall–Kier alpha value is -1.69. The van der Waals surface area contributed by atoms with Crippen LogP contribution in [0.2, 0.25) is 0 Å². The fourth-order valence-electron chi connectivity index (χ4n) is 2.24. The first-order valence-electron chi connectivity index (χ1n) is 5.68. The van der Waals surface area contributed by atoms with Gasteiger partial charge in [-0.05, 0) is 28.8 Å². The van der Waals surface area contributed by atoms with Crippen LogP contribution in [0, 0.1) is 16.0 Å². The Morgan fingerprint density at radius 2 is 2.35 bits per heavy atom. The van der Waals surface area contributed by atoms with Crippen molar-refractivity contribution < 1.29 is 10.0 Å². The molecule has 1 aromatic heterocycles. The standard InChI is InChI=1S/C11H15N3O3/c15-7-8-2-1-3-10(8)13-9-4-5-11(12-6-9)14(16)17/h4-6,8,10,13,15H,1-3,7H2. The van der Waals surface area contributed by atoms with Gasteiger partial charge < -0.3 is 20.5 Å². The van der Waals surface area contributed by atoms with E-state index in [2.05, 4.69) is 10.3 Å². The summed E-state index contributed by atoms with van der Waals surface area (Å²) >= 11 is 0. The Labute approximate surface area is 98.8 Å². The van der Waals surface area contributed by atoms with Gasteiger partial charge in [0, 0.05) is 24.6 Å². The molecule has 1 saturated carbocycles. The Bertz CT molecular complexity index is 393. The third kappa shape index (κ3) is 2.71. The number of aromatic nitrogens is 1. The number of nitrogens with one attached hydrogen (secondary N) is 1. The monoisotopic (exact) mass is 237 g/mol. The van der Waals surface area contributed by atoms with Crippen LogP contribution in [0.25, 0.3) is 0 Å². The average Bonchev–Trinajstić information content (AvgIpc) is 2.77. The highest BCUT2D eigenvalue weighted by molar-refractivity contribution is 5.44. The normalized spacial score (nSPS) is 23.6. The van der Waals surface area contributed by atoms with Crippen molar-refractivity contribution >= 4 is 11.5 Å². The lowest BCUT2D eigenvalue weighted by atomic mass is 10.1. The van der Waals surface area contributed by atoms with Gasteiger partial charge in [0.05, 0.1) is 5.69 Å². The lowest BCUT2D eigenvalue weighted by Gasteiger charge is -2.19. The maximum Gasteiger partial charge on any atom is 0.363 e. The third-order valence-corrected chi connectivity index (χ3v) is 3.18. The van der Waals surface area contributed by atoms with E-state index in [9.17, 15) is 15.2 Å². The Morgan fingerprint density at radius 3 is 2.94 bits per heavy atom. The molecule has 1 fully saturated rings. The maximum absolute atomic E-state index is 10.4. The first-order valence-corrected chi connectivity index (χ1v) is 5.68. The van der Waals surface area contributed by atoms with Gasteiger partial charge in [-0.15, -0.1) is 0 Å². The molecule has 2 unspecified atom stereocenters. The number of aliphatic hydroxyl groups is 1. The van der Waals surface area contributed by atoms with E-state index in [1.54, 1.807) is 6.07 Å². The fraction of sp³-hybridized carbons (Fsp3) is 0.545. The van der Waals surface area contributed by atoms with Gasteiger partial charge in [0.25, 0.3) is 0 Å². The molecule has 1 aromatic rings. The van der Waals surface area contributed by atoms with Crippen LogP contribution in [0.3, 0.4) is 0 Å². The smallest absolute Gasteiger partial charge is 0.363 e. The van der Waals surface area contributed by atoms with Crippen molar-refractivity contribution in [3.8, 4) is 0 Å². The molecule has 17 heavy (non-hydrogen) atoms. The first kappa shape index (κ1) is 11.8. The molecule has 2 N–H and O–H groups in total. The van der Waals surface area contributed by atoms with Gasteiger partial charge in [0.2, 0.25) is 0 Å². The van der Waals surface area contributed by atoms with Crippen molar-refractivity contribution in [1.82, 2.24) is 4.98 Å². The van der Waals surface area contributed by atoms with Crippen LogP contribution in [-0.4, -0.2) is 27.7 Å². The quantitative estimate of drug-likeness (QED) is 0.612. The molecule has 0 saturated heterocycles. The molecular weight excluding hydrogens is 222 g/mol. The fourth-order valence-corrected chi connectivity index (χ4v) is 2.24. The number of nitro groups is 1. The number of aliphatic hydroxyl groups excluding tert-OH is 1. The van der Waals surface area contributed by atoms with Crippen molar-refractivity contribution in [3.63, 3.8) is 0 Å². The molecule has 2 atom stereocenters. The number of anilines is 1. The molecule has 0 aliphatic heterocycles. The van der Waals surface area contributed by atoms with E-state index in [4.69, 9.17) is 0 Å². The van der Waals surface area contributed by atoms with Gasteiger partial charge >= 0.3 is 5.82 Å². The number of rotatable bonds is 4. The van der Waals surface area contributed by atoms with E-state index in [0.29, 0.717) is 0 Å². The number of nitrogens with zero attached hydrogens (tertiary/aromatic N) is 2. The highest BCUT2D eigenvalue weighted by atomic mass is 16.6. The molecule has 6 nitrogen and oxygen atoms in total. The number of hydrogen-bond acceptors (Lipinski definition) is 5. The van der Waals surface area contributed by atoms with E-state index in [0.717, 1.165) is 24.9 Å². The summed E-state index contributed by atoms with van der Waals surface area (Å²) in [7, 11) is 0. The molecule has 0 aromatic carbocycles. The average molecular weight is 237 g/mol. The highest BCUT2D eigenvalue weighted by Crippen LogP contribution is 2.28. The van der Waals surface area contributed by atoms with Crippen molar-refractivity contribution in [3.05, 3.63) is 28.4 Å². The van der Waals surface area contributed by atoms with Gasteiger partial charge in [-0.3, -0.25) is 0 Å². The summed E-state index contributed by atoms with van der Waals surface area (Å²) in [6, 6.07) is 3.27. The van der Waals surface area contributed by atoms with Crippen LogP contribution < -0.4 is 5.32 Å². The summed E-state index contributed by atoms with van der Waals surface area (Å²) in [6.07, 6.45) is 4.60. The van der Waals surface area contributed by atoms with Crippen molar-refractivity contribution in [2.24, 2.45) is 5.92 Å². The van der Waals surface area contributed by atoms with Crippen LogP contribution in [0.15, 0.2) is 18.3 Å². The minimum absolute atomic E-state index is 0.152. The van der Waals surface area contributed by atoms with Crippen molar-refractivity contribution in [2.75, 3.05) is 11.9 Å². The predicted molar refractivity (Wildman–Crippen MR) is 62.7 cm³/mol. The Kier molecular flexibility index (Phi) is 3.53. The molecule has 0 amide bonds. The van der Waals surface area contributed by atoms with E-state index < -0.39 is 4.92 Å². The molecule has 0 spiro atoms. The Morgan fingerprint density at radius 1 is 1.53 bits per heavy atom. The molecular formula is C11H15N3O3. The molecule has 1 aliphatic rings. The SMILES string of the molecule is O=[N+]([O-])c1ccc(NC2CCCC2CO)cn1. The third-order valence-electron chi connectivity index (χ3n) is 3.18. The minimum atomic E-state index is -0.518. The number of pyridine rings is 1. The molecule has 1 heterocycles. The second kappa shape index (κ2) is 5.09. The lowest BCUT2D eigenvalue weighted by Crippen LogP contribution is -2.26. The molecule has 0 radical (unpaired) electrons. The summed E-state index contributed by atoms with van der Waals surface area (Å²) in [5.41, 5.74) is 0.765. The van der Waals surface area contributed by atoms with Gasteiger partial charge in [0.15, 0.2) is 6.20 Å². The maximum atomic E-state index is 10.4. The topological polar surface area (TPSA) is 88.3 Å². The summed E-state index contributed by atoms with van der Waals surface area (Å²) < 4.78 is 0. The molecule has 2 rings (SSSR count). The summed E-state index contributed by atoms with van der Waals surface area (Å²) in [5, 5.41) is 22.9. The second-order valence-electron chi connectivity index (χ2n) is 4.29. The van der Waals surface area contributed by atoms with Gasteiger partial charge in [0.1, 0.15) is 0 Å². The van der Waals surface area contributed by atoms with Crippen LogP contribution >= 0.6 is 0 Å². The lowest BCUT2D eigenvalue weighted by molar-refractivity contribution is -0.389. The Balaban J connectivity index is 2.01. The van der Waals surface area contributed by atoms with Crippen molar-refractivity contribution in [2.45, 2.75) is 25.3 Å². The zero-order valence-corrected chi connectivity index (χ0v) is 9.37. The second-order valence-corrected chi connectivity index (χ2v) is 4.29.